The van der Waals surface area contributed by atoms with Crippen LogP contribution >= 0.6 is 27.3 Å². The average molecular weight is 302 g/mol. The summed E-state index contributed by atoms with van der Waals surface area (Å²) >= 11 is 4.45. The topological polar surface area (TPSA) is 54.9 Å². The highest BCUT2D eigenvalue weighted by atomic mass is 79.9. The molecule has 0 fully saturated rings. The molecule has 0 saturated heterocycles. The predicted octanol–water partition coefficient (Wildman–Crippen LogP) is 2.69. The standard InChI is InChI=1S/C9H5BrFN3OS/c10-7-4-16-9(13-7)14-8(15)6-2-1-5(11)3-12-6/h1-4H,(H,13,14,15). The molecule has 0 bridgehead atoms. The van der Waals surface area contributed by atoms with Gasteiger partial charge in [0.25, 0.3) is 5.91 Å². The van der Waals surface area contributed by atoms with Crippen molar-refractivity contribution in [2.45, 2.75) is 0 Å². The number of aromatic nitrogens is 2. The number of rotatable bonds is 2. The molecule has 4 nitrogen and oxygen atoms in total. The van der Waals surface area contributed by atoms with Crippen LogP contribution in [0, 0.1) is 5.82 Å². The third-order valence-corrected chi connectivity index (χ3v) is 3.12. The van der Waals surface area contributed by atoms with E-state index in [4.69, 9.17) is 0 Å². The number of carbonyl (C=O) groups excluding carboxylic acids is 1. The Hall–Kier alpha value is -1.34. The van der Waals surface area contributed by atoms with E-state index in [1.54, 1.807) is 5.38 Å². The highest BCUT2D eigenvalue weighted by Crippen LogP contribution is 2.19. The fourth-order valence-electron chi connectivity index (χ4n) is 0.983. The van der Waals surface area contributed by atoms with Crippen LogP contribution in [0.5, 0.6) is 0 Å². The second-order valence-electron chi connectivity index (χ2n) is 2.79. The van der Waals surface area contributed by atoms with Crippen LogP contribution in [0.1, 0.15) is 10.5 Å². The van der Waals surface area contributed by atoms with E-state index in [1.165, 1.54) is 23.5 Å². The molecule has 2 heterocycles. The number of halogens is 2. The lowest BCUT2D eigenvalue weighted by Crippen LogP contribution is -2.13. The van der Waals surface area contributed by atoms with Gasteiger partial charge in [-0.15, -0.1) is 11.3 Å². The van der Waals surface area contributed by atoms with Gasteiger partial charge in [0.15, 0.2) is 5.13 Å². The van der Waals surface area contributed by atoms with Gasteiger partial charge < -0.3 is 0 Å². The van der Waals surface area contributed by atoms with Gasteiger partial charge in [-0.1, -0.05) is 0 Å². The van der Waals surface area contributed by atoms with Crippen molar-refractivity contribution in [3.8, 4) is 0 Å². The molecule has 0 aliphatic carbocycles. The van der Waals surface area contributed by atoms with Gasteiger partial charge in [-0.2, -0.15) is 0 Å². The maximum absolute atomic E-state index is 12.6. The first-order chi connectivity index (χ1) is 7.65. The molecule has 0 aromatic carbocycles. The van der Waals surface area contributed by atoms with E-state index in [1.807, 2.05) is 0 Å². The minimum Gasteiger partial charge on any atom is -0.296 e. The van der Waals surface area contributed by atoms with Crippen LogP contribution in [-0.4, -0.2) is 15.9 Å². The molecular weight excluding hydrogens is 297 g/mol. The molecular formula is C9H5BrFN3OS. The lowest BCUT2D eigenvalue weighted by Gasteiger charge is -1.99. The number of hydrogen-bond acceptors (Lipinski definition) is 4. The van der Waals surface area contributed by atoms with E-state index < -0.39 is 11.7 Å². The minimum absolute atomic E-state index is 0.146. The van der Waals surface area contributed by atoms with E-state index in [0.29, 0.717) is 9.73 Å². The Morgan fingerprint density at radius 3 is 2.88 bits per heavy atom. The maximum Gasteiger partial charge on any atom is 0.276 e. The van der Waals surface area contributed by atoms with Crippen LogP contribution in [0.3, 0.4) is 0 Å². The molecule has 1 amide bonds. The third kappa shape index (κ3) is 2.61. The number of nitrogens with one attached hydrogen (secondary N) is 1. The molecule has 0 spiro atoms. The Bertz CT molecular complexity index is 514. The number of carbonyl (C=O) groups is 1. The summed E-state index contributed by atoms with van der Waals surface area (Å²) in [6.45, 7) is 0. The second kappa shape index (κ2) is 4.67. The SMILES string of the molecule is O=C(Nc1nc(Br)cs1)c1ccc(F)cn1. The minimum atomic E-state index is -0.478. The van der Waals surface area contributed by atoms with Crippen molar-refractivity contribution in [2.24, 2.45) is 0 Å². The highest BCUT2D eigenvalue weighted by Gasteiger charge is 2.09. The second-order valence-corrected chi connectivity index (χ2v) is 4.46. The normalized spacial score (nSPS) is 10.1. The van der Waals surface area contributed by atoms with Crippen molar-refractivity contribution in [3.05, 3.63) is 39.8 Å². The summed E-state index contributed by atoms with van der Waals surface area (Å²) in [5.41, 5.74) is 0.146. The molecule has 16 heavy (non-hydrogen) atoms. The van der Waals surface area contributed by atoms with Gasteiger partial charge in [-0.3, -0.25) is 10.1 Å². The fraction of sp³-hybridized carbons (Fsp3) is 0. The molecule has 0 unspecified atom stereocenters. The molecule has 0 atom stereocenters. The molecule has 0 aliphatic rings. The summed E-state index contributed by atoms with van der Waals surface area (Å²) in [5, 5.41) is 4.76. The molecule has 2 aromatic heterocycles. The Morgan fingerprint density at radius 2 is 2.31 bits per heavy atom. The smallest absolute Gasteiger partial charge is 0.276 e. The van der Waals surface area contributed by atoms with Crippen molar-refractivity contribution in [3.63, 3.8) is 0 Å². The van der Waals surface area contributed by atoms with Crippen LogP contribution in [0.4, 0.5) is 9.52 Å². The van der Waals surface area contributed by atoms with Crippen molar-refractivity contribution in [1.82, 2.24) is 9.97 Å². The molecule has 2 aromatic rings. The summed E-state index contributed by atoms with van der Waals surface area (Å²) in [5.74, 6) is -0.893. The predicted molar refractivity (Wildman–Crippen MR) is 62.0 cm³/mol. The molecule has 0 radical (unpaired) electrons. The summed E-state index contributed by atoms with van der Waals surface area (Å²) in [4.78, 5) is 19.2. The van der Waals surface area contributed by atoms with Gasteiger partial charge >= 0.3 is 0 Å². The molecule has 2 rings (SSSR count). The summed E-state index contributed by atoms with van der Waals surface area (Å²) in [7, 11) is 0. The molecule has 7 heteroatoms. The van der Waals surface area contributed by atoms with Crippen LogP contribution in [-0.2, 0) is 0 Å². The number of amides is 1. The summed E-state index contributed by atoms with van der Waals surface area (Å²) < 4.78 is 13.2. The lowest BCUT2D eigenvalue weighted by atomic mass is 10.3. The van der Waals surface area contributed by atoms with Crippen molar-refractivity contribution >= 4 is 38.3 Å². The van der Waals surface area contributed by atoms with Gasteiger partial charge in [0.05, 0.1) is 6.20 Å². The van der Waals surface area contributed by atoms with Crippen molar-refractivity contribution in [2.75, 3.05) is 5.32 Å². The van der Waals surface area contributed by atoms with Crippen LogP contribution in [0.15, 0.2) is 28.3 Å². The first-order valence-electron chi connectivity index (χ1n) is 4.19. The number of anilines is 1. The maximum atomic E-state index is 12.6. The Balaban J connectivity index is 2.11. The monoisotopic (exact) mass is 301 g/mol. The van der Waals surface area contributed by atoms with Gasteiger partial charge in [-0.05, 0) is 28.1 Å². The molecule has 0 saturated carbocycles. The third-order valence-electron chi connectivity index (χ3n) is 1.66. The van der Waals surface area contributed by atoms with E-state index in [0.717, 1.165) is 6.20 Å². The Kier molecular flexibility index (Phi) is 3.25. The van der Waals surface area contributed by atoms with Crippen molar-refractivity contribution < 1.29 is 9.18 Å². The Morgan fingerprint density at radius 1 is 1.50 bits per heavy atom. The molecule has 1 N–H and O–H groups in total. The fourth-order valence-corrected chi connectivity index (χ4v) is 2.12. The van der Waals surface area contributed by atoms with Crippen LogP contribution in [0.25, 0.3) is 0 Å². The molecule has 82 valence electrons. The van der Waals surface area contributed by atoms with Gasteiger partial charge in [0.2, 0.25) is 0 Å². The zero-order valence-corrected chi connectivity index (χ0v) is 10.2. The van der Waals surface area contributed by atoms with Gasteiger partial charge in [-0.25, -0.2) is 14.4 Å². The summed E-state index contributed by atoms with van der Waals surface area (Å²) in [6, 6.07) is 2.49. The van der Waals surface area contributed by atoms with Crippen molar-refractivity contribution in [1.29, 1.82) is 0 Å². The van der Waals surface area contributed by atoms with E-state index in [2.05, 4.69) is 31.2 Å². The van der Waals surface area contributed by atoms with E-state index >= 15 is 0 Å². The van der Waals surface area contributed by atoms with Gasteiger partial charge in [0.1, 0.15) is 16.1 Å². The number of nitrogens with zero attached hydrogens (tertiary/aromatic N) is 2. The van der Waals surface area contributed by atoms with Crippen LogP contribution in [0.2, 0.25) is 0 Å². The average Bonchev–Trinajstić information content (AvgIpc) is 2.65. The number of hydrogen-bond donors (Lipinski definition) is 1. The first-order valence-corrected chi connectivity index (χ1v) is 5.86. The largest absolute Gasteiger partial charge is 0.296 e. The van der Waals surface area contributed by atoms with Gasteiger partial charge in [0, 0.05) is 5.38 Å². The molecule has 0 aliphatic heterocycles. The number of pyridine rings is 1. The highest BCUT2D eigenvalue weighted by molar-refractivity contribution is 9.10. The van der Waals surface area contributed by atoms with E-state index in [-0.39, 0.29) is 5.69 Å². The summed E-state index contributed by atoms with van der Waals surface area (Å²) in [6.07, 6.45) is 0.993. The zero-order chi connectivity index (χ0) is 11.5. The van der Waals surface area contributed by atoms with E-state index in [9.17, 15) is 9.18 Å². The zero-order valence-electron chi connectivity index (χ0n) is 7.78. The quantitative estimate of drug-likeness (QED) is 0.928. The Labute approximate surface area is 103 Å². The first kappa shape index (κ1) is 11.2. The number of thiazole rings is 1. The van der Waals surface area contributed by atoms with Crippen LogP contribution < -0.4 is 5.32 Å². The lowest BCUT2D eigenvalue weighted by molar-refractivity contribution is 0.102.